The molecule has 1 saturated heterocycles. The standard InChI is InChI=1S/C15H17N7O2/c1-19-10-11(9-17-19)20-4-6-21(7-5-20)15-18-12(14(23)24)8-13-16-2-3-22(13)15/h2-3,8-10H,4-7H2,1H3,(H,23,24). The average molecular weight is 327 g/mol. The van der Waals surface area contributed by atoms with Gasteiger partial charge in [0.15, 0.2) is 5.69 Å². The van der Waals surface area contributed by atoms with Gasteiger partial charge < -0.3 is 14.9 Å². The maximum atomic E-state index is 11.3. The summed E-state index contributed by atoms with van der Waals surface area (Å²) in [5.74, 6) is -0.427. The van der Waals surface area contributed by atoms with E-state index in [2.05, 4.69) is 24.9 Å². The summed E-state index contributed by atoms with van der Waals surface area (Å²) in [6, 6.07) is 1.48. The van der Waals surface area contributed by atoms with E-state index in [1.54, 1.807) is 17.1 Å². The molecule has 1 aliphatic heterocycles. The van der Waals surface area contributed by atoms with Crippen molar-refractivity contribution in [1.29, 1.82) is 0 Å². The SMILES string of the molecule is Cn1cc(N2CCN(c3nc(C(=O)O)cc4nccn34)CC2)cn1. The van der Waals surface area contributed by atoms with Gasteiger partial charge in [0.25, 0.3) is 0 Å². The maximum absolute atomic E-state index is 11.3. The number of carboxylic acid groups (broad SMARTS) is 1. The predicted octanol–water partition coefficient (Wildman–Crippen LogP) is 0.488. The highest BCUT2D eigenvalue weighted by molar-refractivity contribution is 5.87. The molecule has 0 aliphatic carbocycles. The Morgan fingerprint density at radius 3 is 2.62 bits per heavy atom. The highest BCUT2D eigenvalue weighted by Gasteiger charge is 2.22. The molecule has 0 spiro atoms. The lowest BCUT2D eigenvalue weighted by Crippen LogP contribution is -2.47. The highest BCUT2D eigenvalue weighted by Crippen LogP contribution is 2.20. The number of imidazole rings is 1. The summed E-state index contributed by atoms with van der Waals surface area (Å²) in [7, 11) is 1.90. The van der Waals surface area contributed by atoms with E-state index in [0.717, 1.165) is 31.9 Å². The number of rotatable bonds is 3. The summed E-state index contributed by atoms with van der Waals surface area (Å²) < 4.78 is 3.61. The lowest BCUT2D eigenvalue weighted by atomic mass is 10.3. The van der Waals surface area contributed by atoms with Crippen molar-refractivity contribution < 1.29 is 9.90 Å². The number of piperazine rings is 1. The molecule has 3 aromatic rings. The Morgan fingerprint density at radius 1 is 1.21 bits per heavy atom. The fourth-order valence-electron chi connectivity index (χ4n) is 2.98. The molecular formula is C15H17N7O2. The third kappa shape index (κ3) is 2.43. The Bertz CT molecular complexity index is 892. The summed E-state index contributed by atoms with van der Waals surface area (Å²) in [4.78, 5) is 24.2. The second-order valence-electron chi connectivity index (χ2n) is 5.75. The van der Waals surface area contributed by atoms with Gasteiger partial charge in [0.1, 0.15) is 5.65 Å². The quantitative estimate of drug-likeness (QED) is 0.748. The van der Waals surface area contributed by atoms with Gasteiger partial charge in [-0.3, -0.25) is 9.08 Å². The second-order valence-corrected chi connectivity index (χ2v) is 5.75. The molecule has 1 fully saturated rings. The zero-order valence-electron chi connectivity index (χ0n) is 13.2. The van der Waals surface area contributed by atoms with Crippen LogP contribution in [0.2, 0.25) is 0 Å². The monoisotopic (exact) mass is 327 g/mol. The molecule has 0 amide bonds. The molecular weight excluding hydrogens is 310 g/mol. The van der Waals surface area contributed by atoms with Crippen LogP contribution in [0, 0.1) is 0 Å². The molecule has 0 aromatic carbocycles. The first kappa shape index (κ1) is 14.5. The number of hydrogen-bond acceptors (Lipinski definition) is 6. The molecule has 1 N–H and O–H groups in total. The molecule has 0 atom stereocenters. The van der Waals surface area contributed by atoms with Gasteiger partial charge >= 0.3 is 5.97 Å². The molecule has 0 bridgehead atoms. The minimum absolute atomic E-state index is 0.0124. The summed E-state index contributed by atoms with van der Waals surface area (Å²) >= 11 is 0. The minimum atomic E-state index is -1.05. The van der Waals surface area contributed by atoms with Gasteiger partial charge in [-0.1, -0.05) is 0 Å². The van der Waals surface area contributed by atoms with E-state index in [4.69, 9.17) is 0 Å². The molecule has 24 heavy (non-hydrogen) atoms. The Kier molecular flexibility index (Phi) is 3.33. The zero-order chi connectivity index (χ0) is 16.7. The number of aromatic carboxylic acids is 1. The van der Waals surface area contributed by atoms with Gasteiger partial charge in [0.05, 0.1) is 11.9 Å². The topological polar surface area (TPSA) is 91.8 Å². The fourth-order valence-corrected chi connectivity index (χ4v) is 2.98. The van der Waals surface area contributed by atoms with Gasteiger partial charge in [-0.2, -0.15) is 5.10 Å². The summed E-state index contributed by atoms with van der Waals surface area (Å²) in [5.41, 5.74) is 1.70. The van der Waals surface area contributed by atoms with Gasteiger partial charge in [-0.15, -0.1) is 0 Å². The van der Waals surface area contributed by atoms with Crippen LogP contribution in [-0.4, -0.2) is 61.4 Å². The third-order valence-corrected chi connectivity index (χ3v) is 4.21. The smallest absolute Gasteiger partial charge is 0.354 e. The summed E-state index contributed by atoms with van der Waals surface area (Å²) in [6.45, 7) is 3.14. The first-order chi connectivity index (χ1) is 11.6. The average Bonchev–Trinajstić information content (AvgIpc) is 3.22. The Hall–Kier alpha value is -3.10. The molecule has 4 heterocycles. The first-order valence-corrected chi connectivity index (χ1v) is 7.68. The molecule has 1 aliphatic rings. The Morgan fingerprint density at radius 2 is 1.96 bits per heavy atom. The number of carbonyl (C=O) groups is 1. The van der Waals surface area contributed by atoms with Crippen molar-refractivity contribution in [3.63, 3.8) is 0 Å². The number of hydrogen-bond donors (Lipinski definition) is 1. The van der Waals surface area contributed by atoms with Crippen LogP contribution in [0.25, 0.3) is 5.65 Å². The number of nitrogens with zero attached hydrogens (tertiary/aromatic N) is 7. The van der Waals surface area contributed by atoms with E-state index in [-0.39, 0.29) is 5.69 Å². The second kappa shape index (κ2) is 5.52. The van der Waals surface area contributed by atoms with Crippen molar-refractivity contribution in [1.82, 2.24) is 24.1 Å². The van der Waals surface area contributed by atoms with Crippen molar-refractivity contribution >= 4 is 23.3 Å². The van der Waals surface area contributed by atoms with Crippen LogP contribution in [0.1, 0.15) is 10.5 Å². The normalized spacial score (nSPS) is 15.2. The number of fused-ring (bicyclic) bond motifs is 1. The van der Waals surface area contributed by atoms with Crippen LogP contribution in [-0.2, 0) is 7.05 Å². The van der Waals surface area contributed by atoms with Crippen LogP contribution in [0.5, 0.6) is 0 Å². The predicted molar refractivity (Wildman–Crippen MR) is 87.6 cm³/mol. The summed E-state index contributed by atoms with van der Waals surface area (Å²) in [6.07, 6.45) is 7.30. The lowest BCUT2D eigenvalue weighted by Gasteiger charge is -2.36. The first-order valence-electron chi connectivity index (χ1n) is 7.68. The minimum Gasteiger partial charge on any atom is -0.477 e. The van der Waals surface area contributed by atoms with Crippen molar-refractivity contribution in [2.75, 3.05) is 36.0 Å². The van der Waals surface area contributed by atoms with Gasteiger partial charge in [-0.05, 0) is 0 Å². The number of aromatic nitrogens is 5. The Labute approximate surface area is 137 Å². The van der Waals surface area contributed by atoms with Crippen molar-refractivity contribution in [2.45, 2.75) is 0 Å². The molecule has 3 aromatic heterocycles. The third-order valence-electron chi connectivity index (χ3n) is 4.21. The molecule has 0 radical (unpaired) electrons. The Balaban J connectivity index is 1.60. The molecule has 0 unspecified atom stereocenters. The largest absolute Gasteiger partial charge is 0.477 e. The number of anilines is 2. The van der Waals surface area contributed by atoms with E-state index in [1.807, 2.05) is 23.8 Å². The van der Waals surface area contributed by atoms with Crippen LogP contribution in [0.3, 0.4) is 0 Å². The van der Waals surface area contributed by atoms with Gasteiger partial charge in [0.2, 0.25) is 5.95 Å². The summed E-state index contributed by atoms with van der Waals surface area (Å²) in [5, 5.41) is 13.5. The van der Waals surface area contributed by atoms with E-state index >= 15 is 0 Å². The van der Waals surface area contributed by atoms with Crippen LogP contribution in [0.15, 0.2) is 30.9 Å². The highest BCUT2D eigenvalue weighted by atomic mass is 16.4. The van der Waals surface area contributed by atoms with Gasteiger partial charge in [0, 0.05) is 57.9 Å². The van der Waals surface area contributed by atoms with E-state index in [0.29, 0.717) is 11.6 Å². The van der Waals surface area contributed by atoms with Crippen molar-refractivity contribution in [3.8, 4) is 0 Å². The van der Waals surface area contributed by atoms with Crippen LogP contribution in [0.4, 0.5) is 11.6 Å². The van der Waals surface area contributed by atoms with E-state index < -0.39 is 5.97 Å². The maximum Gasteiger partial charge on any atom is 0.354 e. The van der Waals surface area contributed by atoms with Crippen LogP contribution < -0.4 is 9.80 Å². The lowest BCUT2D eigenvalue weighted by molar-refractivity contribution is 0.0690. The van der Waals surface area contributed by atoms with Crippen LogP contribution >= 0.6 is 0 Å². The zero-order valence-corrected chi connectivity index (χ0v) is 13.2. The molecule has 9 nitrogen and oxygen atoms in total. The van der Waals surface area contributed by atoms with Crippen molar-refractivity contribution in [2.24, 2.45) is 7.05 Å². The number of carboxylic acids is 1. The molecule has 9 heteroatoms. The molecule has 0 saturated carbocycles. The fraction of sp³-hybridized carbons (Fsp3) is 0.333. The van der Waals surface area contributed by atoms with Gasteiger partial charge in [-0.25, -0.2) is 14.8 Å². The van der Waals surface area contributed by atoms with E-state index in [9.17, 15) is 9.90 Å². The van der Waals surface area contributed by atoms with Crippen molar-refractivity contribution in [3.05, 3.63) is 36.5 Å². The molecule has 4 rings (SSSR count). The number of aryl methyl sites for hydroxylation is 1. The van der Waals surface area contributed by atoms with E-state index in [1.165, 1.54) is 6.07 Å². The molecule has 124 valence electrons.